The van der Waals surface area contributed by atoms with Crippen LogP contribution in [0, 0.1) is 0 Å². The van der Waals surface area contributed by atoms with Crippen LogP contribution in [0.25, 0.3) is 10.6 Å². The molecule has 3 aromatic rings. The molecule has 0 atom stereocenters. The van der Waals surface area contributed by atoms with Crippen molar-refractivity contribution >= 4 is 29.7 Å². The zero-order valence-electron chi connectivity index (χ0n) is 14.7. The van der Waals surface area contributed by atoms with E-state index in [1.165, 1.54) is 0 Å². The van der Waals surface area contributed by atoms with Crippen molar-refractivity contribution in [1.29, 1.82) is 0 Å². The van der Waals surface area contributed by atoms with Gasteiger partial charge in [0.2, 0.25) is 0 Å². The second-order valence-corrected chi connectivity index (χ2v) is 7.12. The molecule has 1 aromatic carbocycles. The van der Waals surface area contributed by atoms with Gasteiger partial charge >= 0.3 is 0 Å². The molecule has 0 aliphatic carbocycles. The van der Waals surface area contributed by atoms with Gasteiger partial charge in [0.15, 0.2) is 5.69 Å². The summed E-state index contributed by atoms with van der Waals surface area (Å²) in [5.41, 5.74) is 2.27. The summed E-state index contributed by atoms with van der Waals surface area (Å²) < 4.78 is 1.81. The van der Waals surface area contributed by atoms with E-state index in [4.69, 9.17) is 0 Å². The van der Waals surface area contributed by atoms with E-state index < -0.39 is 0 Å². The highest BCUT2D eigenvalue weighted by atomic mass is 35.5. The van der Waals surface area contributed by atoms with E-state index in [-0.39, 0.29) is 18.3 Å². The van der Waals surface area contributed by atoms with Crippen molar-refractivity contribution in [2.45, 2.75) is 25.4 Å². The third-order valence-electron chi connectivity index (χ3n) is 4.43. The Bertz CT molecular complexity index is 875. The number of benzene rings is 1. The number of carbonyl (C=O) groups is 1. The van der Waals surface area contributed by atoms with E-state index >= 15 is 0 Å². The van der Waals surface area contributed by atoms with Crippen molar-refractivity contribution < 1.29 is 4.79 Å². The van der Waals surface area contributed by atoms with E-state index in [1.807, 2.05) is 40.4 Å². The van der Waals surface area contributed by atoms with Gasteiger partial charge in [0.05, 0.1) is 24.5 Å². The molecule has 7 nitrogen and oxygen atoms in total. The average Bonchev–Trinajstić information content (AvgIpc) is 3.37. The highest BCUT2D eigenvalue weighted by Gasteiger charge is 2.18. The Morgan fingerprint density at radius 1 is 1.26 bits per heavy atom. The SMILES string of the molecule is Cl.O=C(NCc1csc(-c2ccccc2)n1)c1cn(C2CCNCC2)nn1. The highest BCUT2D eigenvalue weighted by molar-refractivity contribution is 7.13. The van der Waals surface area contributed by atoms with Crippen LogP contribution >= 0.6 is 23.7 Å². The molecule has 0 bridgehead atoms. The fraction of sp³-hybridized carbons (Fsp3) is 0.333. The normalized spacial score (nSPS) is 14.5. The number of thiazole rings is 1. The molecule has 4 rings (SSSR count). The zero-order chi connectivity index (χ0) is 17.8. The van der Waals surface area contributed by atoms with Gasteiger partial charge < -0.3 is 10.6 Å². The number of carbonyl (C=O) groups excluding carboxylic acids is 1. The van der Waals surface area contributed by atoms with Crippen molar-refractivity contribution in [3.8, 4) is 10.6 Å². The summed E-state index contributed by atoms with van der Waals surface area (Å²) in [6.07, 6.45) is 3.75. The molecule has 0 spiro atoms. The molecule has 0 unspecified atom stereocenters. The number of rotatable bonds is 5. The first kappa shape index (κ1) is 19.5. The zero-order valence-corrected chi connectivity index (χ0v) is 16.3. The van der Waals surface area contributed by atoms with Crippen LogP contribution in [0.5, 0.6) is 0 Å². The van der Waals surface area contributed by atoms with Crippen LogP contribution in [0.2, 0.25) is 0 Å². The maximum absolute atomic E-state index is 12.3. The Labute approximate surface area is 167 Å². The van der Waals surface area contributed by atoms with Crippen LogP contribution in [0.3, 0.4) is 0 Å². The number of piperidine rings is 1. The van der Waals surface area contributed by atoms with Gasteiger partial charge in [0.1, 0.15) is 5.01 Å². The average molecular weight is 405 g/mol. The molecule has 0 saturated carbocycles. The van der Waals surface area contributed by atoms with Gasteiger partial charge in [0.25, 0.3) is 5.91 Å². The summed E-state index contributed by atoms with van der Waals surface area (Å²) in [5.74, 6) is -0.223. The minimum Gasteiger partial charge on any atom is -0.345 e. The second-order valence-electron chi connectivity index (χ2n) is 6.26. The molecule has 1 amide bonds. The van der Waals surface area contributed by atoms with Gasteiger partial charge in [-0.05, 0) is 25.9 Å². The Balaban J connectivity index is 0.00000210. The molecule has 27 heavy (non-hydrogen) atoms. The van der Waals surface area contributed by atoms with Gasteiger partial charge in [-0.15, -0.1) is 28.8 Å². The lowest BCUT2D eigenvalue weighted by molar-refractivity contribution is 0.0945. The predicted molar refractivity (Wildman–Crippen MR) is 107 cm³/mol. The smallest absolute Gasteiger partial charge is 0.273 e. The number of amides is 1. The van der Waals surface area contributed by atoms with E-state index in [9.17, 15) is 4.79 Å². The molecular formula is C18H21ClN6OS. The Morgan fingerprint density at radius 2 is 2.04 bits per heavy atom. The molecule has 2 N–H and O–H groups in total. The molecule has 1 aliphatic heterocycles. The monoisotopic (exact) mass is 404 g/mol. The third-order valence-corrected chi connectivity index (χ3v) is 5.37. The van der Waals surface area contributed by atoms with E-state index in [2.05, 4.69) is 25.9 Å². The Kier molecular flexibility index (Phi) is 6.54. The van der Waals surface area contributed by atoms with Crippen LogP contribution in [-0.4, -0.2) is 39.0 Å². The quantitative estimate of drug-likeness (QED) is 0.682. The molecule has 1 fully saturated rings. The molecule has 2 aromatic heterocycles. The second kappa shape index (κ2) is 9.07. The highest BCUT2D eigenvalue weighted by Crippen LogP contribution is 2.23. The number of halogens is 1. The maximum atomic E-state index is 12.3. The van der Waals surface area contributed by atoms with Crippen molar-refractivity contribution in [3.63, 3.8) is 0 Å². The first-order valence-electron chi connectivity index (χ1n) is 8.70. The van der Waals surface area contributed by atoms with Crippen LogP contribution in [0.4, 0.5) is 0 Å². The Morgan fingerprint density at radius 3 is 2.81 bits per heavy atom. The lowest BCUT2D eigenvalue weighted by Crippen LogP contribution is -2.29. The fourth-order valence-corrected chi connectivity index (χ4v) is 3.82. The number of hydrogen-bond acceptors (Lipinski definition) is 6. The number of aromatic nitrogens is 4. The van der Waals surface area contributed by atoms with Gasteiger partial charge in [-0.2, -0.15) is 0 Å². The summed E-state index contributed by atoms with van der Waals surface area (Å²) in [6, 6.07) is 10.3. The summed E-state index contributed by atoms with van der Waals surface area (Å²) >= 11 is 1.57. The van der Waals surface area contributed by atoms with Crippen LogP contribution in [-0.2, 0) is 6.54 Å². The molecule has 142 valence electrons. The summed E-state index contributed by atoms with van der Waals surface area (Å²) in [6.45, 7) is 2.32. The van der Waals surface area contributed by atoms with Gasteiger partial charge in [-0.1, -0.05) is 35.5 Å². The molecular weight excluding hydrogens is 384 g/mol. The molecule has 1 saturated heterocycles. The molecule has 9 heteroatoms. The lowest BCUT2D eigenvalue weighted by atomic mass is 10.1. The molecule has 1 aliphatic rings. The predicted octanol–water partition coefficient (Wildman–Crippen LogP) is 2.68. The minimum absolute atomic E-state index is 0. The van der Waals surface area contributed by atoms with E-state index in [0.717, 1.165) is 42.2 Å². The lowest BCUT2D eigenvalue weighted by Gasteiger charge is -2.22. The van der Waals surface area contributed by atoms with Crippen LogP contribution in [0.1, 0.15) is 35.1 Å². The van der Waals surface area contributed by atoms with E-state index in [1.54, 1.807) is 17.5 Å². The largest absolute Gasteiger partial charge is 0.345 e. The van der Waals surface area contributed by atoms with Crippen molar-refractivity contribution in [3.05, 3.63) is 53.3 Å². The first-order valence-corrected chi connectivity index (χ1v) is 9.58. The minimum atomic E-state index is -0.223. The maximum Gasteiger partial charge on any atom is 0.273 e. The summed E-state index contributed by atoms with van der Waals surface area (Å²) in [5, 5.41) is 17.3. The third kappa shape index (κ3) is 4.71. The number of nitrogens with one attached hydrogen (secondary N) is 2. The fourth-order valence-electron chi connectivity index (χ4n) is 2.99. The number of nitrogens with zero attached hydrogens (tertiary/aromatic N) is 4. The Hall–Kier alpha value is -2.29. The first-order chi connectivity index (χ1) is 12.8. The van der Waals surface area contributed by atoms with Crippen LogP contribution in [0.15, 0.2) is 41.9 Å². The van der Waals surface area contributed by atoms with Crippen LogP contribution < -0.4 is 10.6 Å². The van der Waals surface area contributed by atoms with Crippen molar-refractivity contribution in [2.24, 2.45) is 0 Å². The van der Waals surface area contributed by atoms with Crippen molar-refractivity contribution in [2.75, 3.05) is 13.1 Å². The van der Waals surface area contributed by atoms with Crippen molar-refractivity contribution in [1.82, 2.24) is 30.6 Å². The summed E-state index contributed by atoms with van der Waals surface area (Å²) in [4.78, 5) is 16.9. The van der Waals surface area contributed by atoms with E-state index in [0.29, 0.717) is 18.3 Å². The topological polar surface area (TPSA) is 84.7 Å². The number of hydrogen-bond donors (Lipinski definition) is 2. The molecule has 3 heterocycles. The van der Waals surface area contributed by atoms with Gasteiger partial charge in [-0.3, -0.25) is 4.79 Å². The standard InChI is InChI=1S/C18H20N6OS.ClH/c25-17(16-11-24(23-22-16)15-6-8-19-9-7-15)20-10-14-12-26-18(21-14)13-4-2-1-3-5-13;/h1-5,11-12,15,19H,6-10H2,(H,20,25);1H. The summed E-state index contributed by atoms with van der Waals surface area (Å²) in [7, 11) is 0. The van der Waals surface area contributed by atoms with Gasteiger partial charge in [0, 0.05) is 10.9 Å². The molecule has 0 radical (unpaired) electrons. The van der Waals surface area contributed by atoms with Gasteiger partial charge in [-0.25, -0.2) is 9.67 Å².